The van der Waals surface area contributed by atoms with Gasteiger partial charge in [-0.25, -0.2) is 0 Å². The largest absolute Gasteiger partial charge is 0.496 e. The summed E-state index contributed by atoms with van der Waals surface area (Å²) in [6.07, 6.45) is -0.391. The lowest BCUT2D eigenvalue weighted by molar-refractivity contribution is -0.135. The van der Waals surface area contributed by atoms with Crippen LogP contribution < -0.4 is 14.4 Å². The van der Waals surface area contributed by atoms with E-state index in [2.05, 4.69) is 0 Å². The SMILES string of the molecule is COc1ccccc1C(=O)C[C@@]1(O)C(=O)N(CCOc2ccc(Cl)cc2)c2ccccc21. The second kappa shape index (κ2) is 9.02. The zero-order valence-corrected chi connectivity index (χ0v) is 18.2. The maximum absolute atomic E-state index is 13.3. The third-order valence-corrected chi connectivity index (χ3v) is 5.71. The first-order chi connectivity index (χ1) is 15.4. The number of benzene rings is 3. The smallest absolute Gasteiger partial charge is 0.264 e. The number of aliphatic hydroxyl groups is 1. The number of halogens is 1. The van der Waals surface area contributed by atoms with E-state index in [9.17, 15) is 14.7 Å². The minimum absolute atomic E-state index is 0.207. The van der Waals surface area contributed by atoms with Gasteiger partial charge in [0.1, 0.15) is 18.1 Å². The maximum atomic E-state index is 13.3. The molecule has 3 aromatic carbocycles. The van der Waals surface area contributed by atoms with Crippen LogP contribution in [0.5, 0.6) is 11.5 Å². The number of carbonyl (C=O) groups excluding carboxylic acids is 2. The van der Waals surface area contributed by atoms with Gasteiger partial charge in [0.15, 0.2) is 11.4 Å². The molecule has 3 aromatic rings. The number of methoxy groups -OCH3 is 1. The molecule has 0 aromatic heterocycles. The first-order valence-corrected chi connectivity index (χ1v) is 10.5. The zero-order valence-electron chi connectivity index (χ0n) is 17.5. The summed E-state index contributed by atoms with van der Waals surface area (Å²) in [6, 6.07) is 20.6. The van der Waals surface area contributed by atoms with Crippen molar-refractivity contribution in [2.45, 2.75) is 12.0 Å². The van der Waals surface area contributed by atoms with Gasteiger partial charge in [0, 0.05) is 10.6 Å². The van der Waals surface area contributed by atoms with Crippen LogP contribution in [0, 0.1) is 0 Å². The number of hydrogen-bond donors (Lipinski definition) is 1. The minimum Gasteiger partial charge on any atom is -0.496 e. The summed E-state index contributed by atoms with van der Waals surface area (Å²) in [7, 11) is 1.47. The van der Waals surface area contributed by atoms with Gasteiger partial charge < -0.3 is 19.5 Å². The molecule has 0 bridgehead atoms. The van der Waals surface area contributed by atoms with Crippen molar-refractivity contribution in [3.8, 4) is 11.5 Å². The average Bonchev–Trinajstić information content (AvgIpc) is 3.02. The van der Waals surface area contributed by atoms with Crippen LogP contribution in [0.25, 0.3) is 0 Å². The maximum Gasteiger partial charge on any atom is 0.264 e. The van der Waals surface area contributed by atoms with E-state index in [0.717, 1.165) is 0 Å². The fourth-order valence-electron chi connectivity index (χ4n) is 3.89. The van der Waals surface area contributed by atoms with E-state index in [1.54, 1.807) is 72.8 Å². The van der Waals surface area contributed by atoms with Crippen LogP contribution in [0.2, 0.25) is 5.02 Å². The van der Waals surface area contributed by atoms with Crippen LogP contribution in [-0.2, 0) is 10.4 Å². The Labute approximate surface area is 191 Å². The lowest BCUT2D eigenvalue weighted by atomic mass is 9.88. The number of anilines is 1. The predicted octanol–water partition coefficient (Wildman–Crippen LogP) is 4.23. The van der Waals surface area contributed by atoms with Gasteiger partial charge in [0.05, 0.1) is 31.3 Å². The normalized spacial score (nSPS) is 17.2. The van der Waals surface area contributed by atoms with Crippen molar-refractivity contribution in [3.05, 3.63) is 88.9 Å². The number of para-hydroxylation sites is 2. The monoisotopic (exact) mass is 451 g/mol. The van der Waals surface area contributed by atoms with Crippen molar-refractivity contribution in [1.29, 1.82) is 0 Å². The molecule has 1 atom stereocenters. The van der Waals surface area contributed by atoms with E-state index >= 15 is 0 Å². The molecule has 0 fully saturated rings. The Morgan fingerprint density at radius 1 is 1.03 bits per heavy atom. The quantitative estimate of drug-likeness (QED) is 0.518. The van der Waals surface area contributed by atoms with E-state index in [4.69, 9.17) is 21.1 Å². The van der Waals surface area contributed by atoms with Crippen molar-refractivity contribution >= 4 is 29.0 Å². The van der Waals surface area contributed by atoms with E-state index in [1.165, 1.54) is 12.0 Å². The van der Waals surface area contributed by atoms with Crippen LogP contribution in [0.4, 0.5) is 5.69 Å². The molecular formula is C25H22ClNO5. The van der Waals surface area contributed by atoms with Gasteiger partial charge >= 0.3 is 0 Å². The number of rotatable bonds is 8. The summed E-state index contributed by atoms with van der Waals surface area (Å²) in [5.41, 5.74) is -0.681. The Morgan fingerprint density at radius 3 is 2.47 bits per heavy atom. The second-order valence-electron chi connectivity index (χ2n) is 7.44. The number of nitrogens with zero attached hydrogens (tertiary/aromatic N) is 1. The van der Waals surface area contributed by atoms with Crippen LogP contribution in [0.15, 0.2) is 72.8 Å². The van der Waals surface area contributed by atoms with Gasteiger partial charge in [-0.3, -0.25) is 9.59 Å². The van der Waals surface area contributed by atoms with Gasteiger partial charge in [0.25, 0.3) is 5.91 Å². The van der Waals surface area contributed by atoms with E-state index in [0.29, 0.717) is 33.3 Å². The van der Waals surface area contributed by atoms with Gasteiger partial charge in [0.2, 0.25) is 0 Å². The molecule has 6 nitrogen and oxygen atoms in total. The molecular weight excluding hydrogens is 430 g/mol. The van der Waals surface area contributed by atoms with Crippen LogP contribution in [0.3, 0.4) is 0 Å². The molecule has 1 heterocycles. The second-order valence-corrected chi connectivity index (χ2v) is 7.87. The molecule has 1 aliphatic rings. The van der Waals surface area contributed by atoms with Crippen molar-refractivity contribution in [2.75, 3.05) is 25.2 Å². The Morgan fingerprint density at radius 2 is 1.72 bits per heavy atom. The Kier molecular flexibility index (Phi) is 6.17. The number of fused-ring (bicyclic) bond motifs is 1. The van der Waals surface area contributed by atoms with Crippen LogP contribution in [0.1, 0.15) is 22.3 Å². The van der Waals surface area contributed by atoms with Gasteiger partial charge in [-0.2, -0.15) is 0 Å². The fourth-order valence-corrected chi connectivity index (χ4v) is 4.01. The van der Waals surface area contributed by atoms with Crippen molar-refractivity contribution < 1.29 is 24.2 Å². The summed E-state index contributed by atoms with van der Waals surface area (Å²) >= 11 is 5.89. The number of Topliss-reactive ketones (excluding diaryl/α,β-unsaturated/α-hetero) is 1. The molecule has 0 aliphatic carbocycles. The molecule has 0 saturated heterocycles. The molecule has 1 aliphatic heterocycles. The van der Waals surface area contributed by atoms with Crippen LogP contribution in [-0.4, -0.2) is 37.1 Å². The predicted molar refractivity (Wildman–Crippen MR) is 122 cm³/mol. The number of amides is 1. The molecule has 32 heavy (non-hydrogen) atoms. The molecule has 164 valence electrons. The Hall–Kier alpha value is -3.35. The Bertz CT molecular complexity index is 1150. The lowest BCUT2D eigenvalue weighted by Crippen LogP contribution is -2.43. The van der Waals surface area contributed by atoms with Gasteiger partial charge in [-0.15, -0.1) is 0 Å². The standard InChI is InChI=1S/C25H22ClNO5/c1-31-23-9-5-2-6-19(23)22(28)16-25(30)20-7-3-4-8-21(20)27(24(25)29)14-15-32-18-12-10-17(26)11-13-18/h2-13,30H,14-16H2,1H3/t25-/m0/s1. The molecule has 4 rings (SSSR count). The van der Waals surface area contributed by atoms with Crippen molar-refractivity contribution in [2.24, 2.45) is 0 Å². The van der Waals surface area contributed by atoms with E-state index in [-0.39, 0.29) is 18.9 Å². The highest BCUT2D eigenvalue weighted by Crippen LogP contribution is 2.43. The average molecular weight is 452 g/mol. The number of carbonyl (C=O) groups is 2. The highest BCUT2D eigenvalue weighted by molar-refractivity contribution is 6.30. The molecule has 7 heteroatoms. The first-order valence-electron chi connectivity index (χ1n) is 10.1. The summed E-state index contributed by atoms with van der Waals surface area (Å²) in [5, 5.41) is 12.0. The molecule has 0 radical (unpaired) electrons. The highest BCUT2D eigenvalue weighted by Gasteiger charge is 2.50. The topological polar surface area (TPSA) is 76.1 Å². The molecule has 0 spiro atoms. The third-order valence-electron chi connectivity index (χ3n) is 5.46. The molecule has 0 saturated carbocycles. The third kappa shape index (κ3) is 4.07. The lowest BCUT2D eigenvalue weighted by Gasteiger charge is -2.23. The first kappa shape index (κ1) is 21.9. The van der Waals surface area contributed by atoms with E-state index < -0.39 is 17.9 Å². The van der Waals surface area contributed by atoms with Gasteiger partial charge in [-0.1, -0.05) is 41.9 Å². The van der Waals surface area contributed by atoms with E-state index in [1.807, 2.05) is 0 Å². The van der Waals surface area contributed by atoms with Gasteiger partial charge in [-0.05, 0) is 42.5 Å². The summed E-state index contributed by atoms with van der Waals surface area (Å²) < 4.78 is 11.0. The van der Waals surface area contributed by atoms with Crippen LogP contribution >= 0.6 is 11.6 Å². The van der Waals surface area contributed by atoms with Crippen molar-refractivity contribution in [1.82, 2.24) is 0 Å². The van der Waals surface area contributed by atoms with Crippen molar-refractivity contribution in [3.63, 3.8) is 0 Å². The number of ether oxygens (including phenoxy) is 2. The molecule has 1 N–H and O–H groups in total. The highest BCUT2D eigenvalue weighted by atomic mass is 35.5. The summed E-state index contributed by atoms with van der Waals surface area (Å²) in [6.45, 7) is 0.419. The fraction of sp³-hybridized carbons (Fsp3) is 0.200. The number of ketones is 1. The zero-order chi connectivity index (χ0) is 22.7. The Balaban J connectivity index is 1.55. The summed E-state index contributed by atoms with van der Waals surface area (Å²) in [4.78, 5) is 27.8. The number of hydrogen-bond acceptors (Lipinski definition) is 5. The minimum atomic E-state index is -1.96. The summed E-state index contributed by atoms with van der Waals surface area (Å²) in [5.74, 6) is 0.0815. The molecule has 0 unspecified atom stereocenters. The molecule has 1 amide bonds.